The molecular formula is C10H24N2O. The fourth-order valence-corrected chi connectivity index (χ4v) is 1.82. The number of β-amino-alcohol motifs (C(OH)–C–C–N with tert-alkyl or cyclic N) is 1. The van der Waals surface area contributed by atoms with E-state index in [0.29, 0.717) is 12.6 Å². The van der Waals surface area contributed by atoms with E-state index < -0.39 is 5.60 Å². The Morgan fingerprint density at radius 3 is 2.23 bits per heavy atom. The molecule has 0 bridgehead atoms. The molecule has 1 aliphatic rings. The number of aliphatic hydroxyl groups is 1. The summed E-state index contributed by atoms with van der Waals surface area (Å²) in [4.78, 5) is 2.10. The van der Waals surface area contributed by atoms with E-state index in [-0.39, 0.29) is 0 Å². The second kappa shape index (κ2) is 5.58. The summed E-state index contributed by atoms with van der Waals surface area (Å²) in [6.45, 7) is 7.61. The Morgan fingerprint density at radius 2 is 1.92 bits per heavy atom. The Kier molecular flexibility index (Phi) is 5.53. The van der Waals surface area contributed by atoms with Gasteiger partial charge in [0.2, 0.25) is 0 Å². The summed E-state index contributed by atoms with van der Waals surface area (Å²) in [6, 6.07) is 0.295. The van der Waals surface area contributed by atoms with Crippen molar-refractivity contribution in [1.29, 1.82) is 0 Å². The van der Waals surface area contributed by atoms with E-state index in [2.05, 4.69) is 10.2 Å². The topological polar surface area (TPSA) is 35.5 Å². The zero-order chi connectivity index (χ0) is 10.5. The van der Waals surface area contributed by atoms with Gasteiger partial charge in [0.15, 0.2) is 0 Å². The number of likely N-dealkylation sites (N-methyl/N-ethyl adjacent to an activating group) is 1. The molecule has 13 heavy (non-hydrogen) atoms. The van der Waals surface area contributed by atoms with Crippen LogP contribution >= 0.6 is 0 Å². The highest BCUT2D eigenvalue weighted by Gasteiger charge is 2.35. The van der Waals surface area contributed by atoms with E-state index in [4.69, 9.17) is 0 Å². The van der Waals surface area contributed by atoms with Crippen molar-refractivity contribution in [2.45, 2.75) is 38.8 Å². The first-order chi connectivity index (χ1) is 6.04. The minimum Gasteiger partial charge on any atom is -0.387 e. The Bertz CT molecular complexity index is 135. The van der Waals surface area contributed by atoms with Crippen LogP contribution in [0, 0.1) is 0 Å². The first-order valence-corrected chi connectivity index (χ1v) is 5.13. The van der Waals surface area contributed by atoms with Crippen LogP contribution in [0.1, 0.15) is 27.2 Å². The Hall–Kier alpha value is -0.120. The third-order valence-corrected chi connectivity index (χ3v) is 2.42. The van der Waals surface area contributed by atoms with Crippen LogP contribution in [0.25, 0.3) is 0 Å². The zero-order valence-electron chi connectivity index (χ0n) is 9.59. The van der Waals surface area contributed by atoms with Gasteiger partial charge in [-0.3, -0.25) is 0 Å². The van der Waals surface area contributed by atoms with E-state index in [0.717, 1.165) is 13.0 Å². The monoisotopic (exact) mass is 188 g/mol. The lowest BCUT2D eigenvalue weighted by atomic mass is 9.90. The number of nitrogens with zero attached hydrogens (tertiary/aromatic N) is 1. The molecule has 1 unspecified atom stereocenters. The highest BCUT2D eigenvalue weighted by molar-refractivity contribution is 4.93. The van der Waals surface area contributed by atoms with Gasteiger partial charge in [0, 0.05) is 12.6 Å². The van der Waals surface area contributed by atoms with Crippen LogP contribution in [-0.4, -0.2) is 48.8 Å². The molecule has 0 aliphatic carbocycles. The summed E-state index contributed by atoms with van der Waals surface area (Å²) in [6.07, 6.45) is 1.03. The smallest absolute Gasteiger partial charge is 0.0897 e. The van der Waals surface area contributed by atoms with Gasteiger partial charge in [-0.2, -0.15) is 0 Å². The van der Waals surface area contributed by atoms with Crippen LogP contribution in [0.4, 0.5) is 0 Å². The average molecular weight is 188 g/mol. The predicted molar refractivity (Wildman–Crippen MR) is 56.9 cm³/mol. The largest absolute Gasteiger partial charge is 0.387 e. The summed E-state index contributed by atoms with van der Waals surface area (Å²) in [7, 11) is 4.04. The molecule has 0 aromatic rings. The Labute approximate surface area is 82.1 Å². The lowest BCUT2D eigenvalue weighted by Gasteiger charge is -2.41. The molecule has 80 valence electrons. The quantitative estimate of drug-likeness (QED) is 0.635. The Balaban J connectivity index is 0.000000671. The van der Waals surface area contributed by atoms with E-state index in [9.17, 15) is 5.11 Å². The molecule has 0 aromatic carbocycles. The molecule has 2 atom stereocenters. The van der Waals surface area contributed by atoms with Crippen LogP contribution in [0.5, 0.6) is 0 Å². The van der Waals surface area contributed by atoms with Gasteiger partial charge in [-0.15, -0.1) is 0 Å². The van der Waals surface area contributed by atoms with Gasteiger partial charge >= 0.3 is 0 Å². The fourth-order valence-electron chi connectivity index (χ4n) is 1.82. The highest BCUT2D eigenvalue weighted by Crippen LogP contribution is 2.19. The molecule has 0 radical (unpaired) electrons. The predicted octanol–water partition coefficient (Wildman–Crippen LogP) is 0.687. The highest BCUT2D eigenvalue weighted by atomic mass is 16.3. The first kappa shape index (κ1) is 12.9. The molecule has 1 saturated heterocycles. The van der Waals surface area contributed by atoms with Gasteiger partial charge in [-0.05, 0) is 34.0 Å². The summed E-state index contributed by atoms with van der Waals surface area (Å²) in [5.41, 5.74) is -0.568. The first-order valence-electron chi connectivity index (χ1n) is 5.13. The van der Waals surface area contributed by atoms with Gasteiger partial charge in [0.25, 0.3) is 0 Å². The summed E-state index contributed by atoms with van der Waals surface area (Å²) < 4.78 is 0. The normalized spacial score (nSPS) is 33.9. The summed E-state index contributed by atoms with van der Waals surface area (Å²) in [5, 5.41) is 13.1. The second-order valence-corrected chi connectivity index (χ2v) is 3.80. The van der Waals surface area contributed by atoms with Crippen molar-refractivity contribution >= 4 is 0 Å². The molecule has 1 fully saturated rings. The second-order valence-electron chi connectivity index (χ2n) is 3.80. The van der Waals surface area contributed by atoms with Crippen LogP contribution < -0.4 is 5.32 Å². The van der Waals surface area contributed by atoms with Crippen molar-refractivity contribution in [3.05, 3.63) is 0 Å². The van der Waals surface area contributed by atoms with E-state index in [1.165, 1.54) is 0 Å². The number of hydrogen-bond donors (Lipinski definition) is 2. The molecule has 3 nitrogen and oxygen atoms in total. The molecule has 2 N–H and O–H groups in total. The maximum Gasteiger partial charge on any atom is 0.0897 e. The molecule has 0 aromatic heterocycles. The van der Waals surface area contributed by atoms with Crippen LogP contribution in [0.2, 0.25) is 0 Å². The molecule has 1 rings (SSSR count). The lowest BCUT2D eigenvalue weighted by Crippen LogP contribution is -2.58. The maximum atomic E-state index is 9.90. The van der Waals surface area contributed by atoms with Crippen LogP contribution in [-0.2, 0) is 0 Å². The third-order valence-electron chi connectivity index (χ3n) is 2.42. The van der Waals surface area contributed by atoms with Gasteiger partial charge < -0.3 is 15.3 Å². The molecule has 0 spiro atoms. The van der Waals surface area contributed by atoms with Crippen molar-refractivity contribution in [3.8, 4) is 0 Å². The maximum absolute atomic E-state index is 9.90. The van der Waals surface area contributed by atoms with Crippen molar-refractivity contribution in [1.82, 2.24) is 10.2 Å². The van der Waals surface area contributed by atoms with Crippen molar-refractivity contribution in [2.75, 3.05) is 27.2 Å². The SMILES string of the molecule is CC.CN(C)C1CCNC[C@@]1(C)O. The summed E-state index contributed by atoms with van der Waals surface area (Å²) >= 11 is 0. The van der Waals surface area contributed by atoms with E-state index in [1.54, 1.807) is 0 Å². The van der Waals surface area contributed by atoms with Gasteiger partial charge in [0.05, 0.1) is 5.60 Å². The third kappa shape index (κ3) is 3.63. The van der Waals surface area contributed by atoms with Crippen molar-refractivity contribution in [2.24, 2.45) is 0 Å². The lowest BCUT2D eigenvalue weighted by molar-refractivity contribution is -0.0343. The van der Waals surface area contributed by atoms with Gasteiger partial charge in [-0.1, -0.05) is 13.8 Å². The number of piperidine rings is 1. The average Bonchev–Trinajstić information content (AvgIpc) is 2.06. The fraction of sp³-hybridized carbons (Fsp3) is 1.00. The zero-order valence-corrected chi connectivity index (χ0v) is 9.59. The van der Waals surface area contributed by atoms with Crippen molar-refractivity contribution < 1.29 is 5.11 Å². The Morgan fingerprint density at radius 1 is 1.38 bits per heavy atom. The molecule has 1 heterocycles. The van der Waals surface area contributed by atoms with Gasteiger partial charge in [0.1, 0.15) is 0 Å². The summed E-state index contributed by atoms with van der Waals surface area (Å²) in [5.74, 6) is 0. The molecule has 0 saturated carbocycles. The number of rotatable bonds is 1. The standard InChI is InChI=1S/C8H18N2O.C2H6/c1-8(11)6-9-5-4-7(8)10(2)3;1-2/h7,9,11H,4-6H2,1-3H3;1-2H3/t7?,8-;/m1./s1. The minimum atomic E-state index is -0.568. The van der Waals surface area contributed by atoms with Crippen LogP contribution in [0.15, 0.2) is 0 Å². The van der Waals surface area contributed by atoms with E-state index >= 15 is 0 Å². The molecule has 1 aliphatic heterocycles. The molecular weight excluding hydrogens is 164 g/mol. The molecule has 0 amide bonds. The molecule has 3 heteroatoms. The van der Waals surface area contributed by atoms with Gasteiger partial charge in [-0.25, -0.2) is 0 Å². The van der Waals surface area contributed by atoms with Crippen LogP contribution in [0.3, 0.4) is 0 Å². The van der Waals surface area contributed by atoms with E-state index in [1.807, 2.05) is 34.9 Å². The number of hydrogen-bond acceptors (Lipinski definition) is 3. The number of nitrogens with one attached hydrogen (secondary N) is 1. The minimum absolute atomic E-state index is 0.295. The van der Waals surface area contributed by atoms with Crippen molar-refractivity contribution in [3.63, 3.8) is 0 Å².